The minimum Gasteiger partial charge on any atom is -0.303 e. The van der Waals surface area contributed by atoms with Crippen LogP contribution in [0.3, 0.4) is 0 Å². The Morgan fingerprint density at radius 2 is 0.636 bits per heavy atom. The van der Waals surface area contributed by atoms with E-state index < -0.39 is 0 Å². The standard InChI is InChI=1S/C21H20O/c22-1-21-18-12-6-3-2-4-8(6)14(18)16-10(4)11-5(2)9-7(3)13(12)19(21)15(9)17(11)20(16)21/h1-20H/t2?,3?,4?,5?,6-,7-,8-,9+,10+,11+,12-,13+,14+,15+,16+,17-,18?,19?,20?,21?/m0/s1. The summed E-state index contributed by atoms with van der Waals surface area (Å²) < 4.78 is 0. The van der Waals surface area contributed by atoms with Gasteiger partial charge in [0, 0.05) is 5.41 Å². The highest BCUT2D eigenvalue weighted by molar-refractivity contribution is 5.69. The van der Waals surface area contributed by atoms with Gasteiger partial charge in [-0.1, -0.05) is 0 Å². The molecule has 0 bridgehead atoms. The maximum atomic E-state index is 12.7. The van der Waals surface area contributed by atoms with E-state index in [9.17, 15) is 4.79 Å². The summed E-state index contributed by atoms with van der Waals surface area (Å²) in [6, 6.07) is 0. The highest BCUT2D eigenvalue weighted by Crippen LogP contribution is 3.04. The van der Waals surface area contributed by atoms with Gasteiger partial charge in [0.05, 0.1) is 0 Å². The van der Waals surface area contributed by atoms with Crippen LogP contribution in [-0.4, -0.2) is 6.29 Å². The molecule has 0 N–H and O–H groups in total. The zero-order valence-electron chi connectivity index (χ0n) is 12.5. The first-order valence-electron chi connectivity index (χ1n) is 10.4. The Kier molecular flexibility index (Phi) is 0.828. The molecule has 8 unspecified atom stereocenters. The van der Waals surface area contributed by atoms with Gasteiger partial charge in [-0.2, -0.15) is 0 Å². The van der Waals surface area contributed by atoms with Gasteiger partial charge < -0.3 is 4.79 Å². The molecule has 20 atom stereocenters. The Balaban J connectivity index is 1.47. The second-order valence-corrected chi connectivity index (χ2v) is 11.9. The molecule has 0 aromatic carbocycles. The van der Waals surface area contributed by atoms with Crippen molar-refractivity contribution in [2.45, 2.75) is 0 Å². The van der Waals surface area contributed by atoms with Gasteiger partial charge in [0.2, 0.25) is 0 Å². The monoisotopic (exact) mass is 288 g/mol. The first kappa shape index (κ1) is 9.23. The first-order chi connectivity index (χ1) is 10.9. The van der Waals surface area contributed by atoms with Gasteiger partial charge in [-0.3, -0.25) is 0 Å². The number of carbonyl (C=O) groups excluding carboxylic acids is 1. The second-order valence-electron chi connectivity index (χ2n) is 11.9. The van der Waals surface area contributed by atoms with Crippen LogP contribution >= 0.6 is 0 Å². The van der Waals surface area contributed by atoms with Gasteiger partial charge >= 0.3 is 0 Å². The molecule has 0 aromatic heterocycles. The van der Waals surface area contributed by atoms with Crippen LogP contribution in [-0.2, 0) is 4.79 Å². The normalized spacial score (nSPS) is 102. The van der Waals surface area contributed by atoms with E-state index in [1.165, 1.54) is 23.7 Å². The molecule has 0 aromatic rings. The minimum atomic E-state index is 0.262. The van der Waals surface area contributed by atoms with Gasteiger partial charge in [0.1, 0.15) is 6.29 Å². The molecule has 12 aliphatic rings. The summed E-state index contributed by atoms with van der Waals surface area (Å²) in [7, 11) is 0. The van der Waals surface area contributed by atoms with Gasteiger partial charge in [-0.15, -0.1) is 0 Å². The van der Waals surface area contributed by atoms with Gasteiger partial charge in [-0.25, -0.2) is 0 Å². The Morgan fingerprint density at radius 3 is 0.864 bits per heavy atom. The smallest absolute Gasteiger partial charge is 0.127 e. The molecule has 12 rings (SSSR count). The quantitative estimate of drug-likeness (QED) is 0.675. The van der Waals surface area contributed by atoms with Crippen LogP contribution in [0.5, 0.6) is 0 Å². The van der Waals surface area contributed by atoms with Crippen molar-refractivity contribution >= 4 is 6.29 Å². The van der Waals surface area contributed by atoms with Crippen LogP contribution in [0.2, 0.25) is 0 Å². The number of aldehydes is 1. The van der Waals surface area contributed by atoms with Crippen molar-refractivity contribution in [2.24, 2.45) is 118 Å². The van der Waals surface area contributed by atoms with E-state index in [0.29, 0.717) is 0 Å². The molecular weight excluding hydrogens is 268 g/mol. The summed E-state index contributed by atoms with van der Waals surface area (Å²) in [5.41, 5.74) is 0.262. The molecule has 0 radical (unpaired) electrons. The second kappa shape index (κ2) is 1.97. The third-order valence-corrected chi connectivity index (χ3v) is 13.8. The SMILES string of the molecule is O=CC12C3[C@@H]4[C@@H]5C6C7C8[C@@H]9[C@@H]6[C@@H]4C1[C@H]9[C@@H]1C2[C@H]2[C@@H](C7[C@@H]5[C@@H]32)[C@H]81. The van der Waals surface area contributed by atoms with Crippen molar-refractivity contribution < 1.29 is 4.79 Å². The maximum Gasteiger partial charge on any atom is 0.127 e. The minimum absolute atomic E-state index is 0.262. The number of hydrogen-bond acceptors (Lipinski definition) is 1. The fourth-order valence-corrected chi connectivity index (χ4v) is 15.8. The summed E-state index contributed by atoms with van der Waals surface area (Å²) in [5.74, 6) is 21.0. The lowest BCUT2D eigenvalue weighted by molar-refractivity contribution is -0.122. The fourth-order valence-electron chi connectivity index (χ4n) is 15.8. The molecule has 1 heteroatoms. The summed E-state index contributed by atoms with van der Waals surface area (Å²) in [6.07, 6.45) is 1.64. The maximum absolute atomic E-state index is 12.7. The van der Waals surface area contributed by atoms with E-state index in [1.54, 1.807) is 6.29 Å². The highest BCUT2D eigenvalue weighted by Gasteiger charge is 3.01. The average molecular weight is 288 g/mol. The summed E-state index contributed by atoms with van der Waals surface area (Å²) >= 11 is 0. The molecule has 110 valence electrons. The largest absolute Gasteiger partial charge is 0.303 e. The lowest BCUT2D eigenvalue weighted by Gasteiger charge is -2.35. The first-order valence-corrected chi connectivity index (χ1v) is 10.4. The zero-order valence-corrected chi connectivity index (χ0v) is 12.5. The van der Waals surface area contributed by atoms with Crippen molar-refractivity contribution in [1.29, 1.82) is 0 Å². The van der Waals surface area contributed by atoms with Crippen molar-refractivity contribution in [3.8, 4) is 0 Å². The van der Waals surface area contributed by atoms with Crippen molar-refractivity contribution in [3.05, 3.63) is 0 Å². The lowest BCUT2D eigenvalue weighted by atomic mass is 9.67. The molecule has 0 amide bonds. The molecule has 22 heavy (non-hydrogen) atoms. The predicted molar refractivity (Wildman–Crippen MR) is 74.8 cm³/mol. The van der Waals surface area contributed by atoms with E-state index in [4.69, 9.17) is 0 Å². The third-order valence-electron chi connectivity index (χ3n) is 13.8. The molecule has 12 saturated carbocycles. The summed E-state index contributed by atoms with van der Waals surface area (Å²) in [4.78, 5) is 12.7. The van der Waals surface area contributed by atoms with Crippen LogP contribution in [0.1, 0.15) is 0 Å². The third kappa shape index (κ3) is 0.414. The number of carbonyl (C=O) groups is 1. The van der Waals surface area contributed by atoms with E-state index in [1.807, 2.05) is 0 Å². The van der Waals surface area contributed by atoms with Gasteiger partial charge in [0.15, 0.2) is 0 Å². The van der Waals surface area contributed by atoms with Crippen LogP contribution in [0, 0.1) is 118 Å². The Labute approximate surface area is 129 Å². The molecule has 0 aliphatic heterocycles. The van der Waals surface area contributed by atoms with E-state index in [0.717, 1.165) is 88.8 Å². The van der Waals surface area contributed by atoms with Gasteiger partial charge in [0.25, 0.3) is 0 Å². The van der Waals surface area contributed by atoms with Crippen LogP contribution in [0.25, 0.3) is 0 Å². The highest BCUT2D eigenvalue weighted by atomic mass is 16.1. The molecular formula is C21H20O. The molecule has 1 nitrogen and oxygen atoms in total. The molecule has 0 spiro atoms. The van der Waals surface area contributed by atoms with Crippen molar-refractivity contribution in [1.82, 2.24) is 0 Å². The van der Waals surface area contributed by atoms with Crippen LogP contribution < -0.4 is 0 Å². The predicted octanol–water partition coefficient (Wildman–Crippen LogP) is 2.03. The number of hydrogen-bond donors (Lipinski definition) is 0. The van der Waals surface area contributed by atoms with Crippen LogP contribution in [0.15, 0.2) is 0 Å². The zero-order chi connectivity index (χ0) is 13.2. The fraction of sp³-hybridized carbons (Fsp3) is 0.952. The van der Waals surface area contributed by atoms with Crippen molar-refractivity contribution in [3.63, 3.8) is 0 Å². The van der Waals surface area contributed by atoms with E-state index >= 15 is 0 Å². The topological polar surface area (TPSA) is 17.1 Å². The van der Waals surface area contributed by atoms with E-state index in [2.05, 4.69) is 0 Å². The van der Waals surface area contributed by atoms with Crippen LogP contribution in [0.4, 0.5) is 0 Å². The molecule has 12 aliphatic carbocycles. The van der Waals surface area contributed by atoms with E-state index in [-0.39, 0.29) is 5.41 Å². The molecule has 0 saturated heterocycles. The average Bonchev–Trinajstić information content (AvgIpc) is 3.18. The lowest BCUT2D eigenvalue weighted by Crippen LogP contribution is -2.37. The Morgan fingerprint density at radius 1 is 0.409 bits per heavy atom. The number of rotatable bonds is 1. The molecule has 0 heterocycles. The molecule has 12 fully saturated rings. The summed E-state index contributed by atoms with van der Waals surface area (Å²) in [6.45, 7) is 0. The Hall–Kier alpha value is -0.330. The summed E-state index contributed by atoms with van der Waals surface area (Å²) in [5, 5.41) is 0. The Bertz CT molecular complexity index is 654. The van der Waals surface area contributed by atoms with Gasteiger partial charge in [-0.05, 0) is 112 Å². The van der Waals surface area contributed by atoms with Crippen molar-refractivity contribution in [2.75, 3.05) is 0 Å².